The molecule has 2 aromatic rings. The van der Waals surface area contributed by atoms with E-state index in [4.69, 9.17) is 11.1 Å². The van der Waals surface area contributed by atoms with Crippen molar-refractivity contribution in [1.29, 1.82) is 5.41 Å². The van der Waals surface area contributed by atoms with E-state index in [1.54, 1.807) is 29.0 Å². The molecule has 0 saturated heterocycles. The van der Waals surface area contributed by atoms with Crippen LogP contribution < -0.4 is 16.7 Å². The van der Waals surface area contributed by atoms with E-state index < -0.39 is 0 Å². The van der Waals surface area contributed by atoms with Crippen LogP contribution in [-0.2, 0) is 13.5 Å². The van der Waals surface area contributed by atoms with Gasteiger partial charge in [0.1, 0.15) is 0 Å². The highest BCUT2D eigenvalue weighted by molar-refractivity contribution is 7.08. The second-order valence-electron chi connectivity index (χ2n) is 5.79. The summed E-state index contributed by atoms with van der Waals surface area (Å²) < 4.78 is 1.70. The molecule has 0 aliphatic heterocycles. The molecule has 2 aromatic heterocycles. The number of halogens is 1. The van der Waals surface area contributed by atoms with E-state index in [-0.39, 0.29) is 29.8 Å². The van der Waals surface area contributed by atoms with Crippen molar-refractivity contribution in [2.24, 2.45) is 17.9 Å². The van der Waals surface area contributed by atoms with Crippen molar-refractivity contribution in [2.75, 3.05) is 0 Å². The molecule has 1 unspecified atom stereocenters. The van der Waals surface area contributed by atoms with Crippen molar-refractivity contribution >= 4 is 35.4 Å². The summed E-state index contributed by atoms with van der Waals surface area (Å²) in [5, 5.41) is 15.8. The van der Waals surface area contributed by atoms with E-state index in [1.165, 1.54) is 5.56 Å². The lowest BCUT2D eigenvalue weighted by atomic mass is 9.80. The summed E-state index contributed by atoms with van der Waals surface area (Å²) in [4.78, 5) is 12.1. The molecule has 128 valence electrons. The number of hydrogen-bond donors (Lipinski definition) is 3. The second kappa shape index (κ2) is 7.19. The number of thiophene rings is 1. The fourth-order valence-electron chi connectivity index (χ4n) is 3.13. The molecule has 0 fully saturated rings. The van der Waals surface area contributed by atoms with Crippen molar-refractivity contribution in [2.45, 2.75) is 25.7 Å². The Bertz CT molecular complexity index is 841. The average molecular weight is 366 g/mol. The van der Waals surface area contributed by atoms with Gasteiger partial charge < -0.3 is 10.3 Å². The Morgan fingerprint density at radius 2 is 2.25 bits per heavy atom. The molecule has 1 atom stereocenters. The summed E-state index contributed by atoms with van der Waals surface area (Å²) in [5.74, 6) is 0.0767. The molecule has 2 heterocycles. The highest BCUT2D eigenvalue weighted by Crippen LogP contribution is 2.34. The second-order valence-corrected chi connectivity index (χ2v) is 6.57. The van der Waals surface area contributed by atoms with E-state index in [0.717, 1.165) is 35.4 Å². The van der Waals surface area contributed by atoms with E-state index in [0.29, 0.717) is 0 Å². The molecule has 1 aliphatic rings. The van der Waals surface area contributed by atoms with Crippen molar-refractivity contribution in [3.63, 3.8) is 0 Å². The van der Waals surface area contributed by atoms with Gasteiger partial charge in [-0.25, -0.2) is 5.43 Å². The average Bonchev–Trinajstić information content (AvgIpc) is 3.04. The van der Waals surface area contributed by atoms with Gasteiger partial charge in [0.05, 0.1) is 5.71 Å². The standard InChI is InChI=1S/C16H19N5OS.ClH/c1-9-5-14(22)21(2)13-7-11(10-3-4-23-8-10)6-12(15(9)13)19-20-16(17)18;/h3-5,8,11H,6-7H2,1-2H3,(H4,17,18,20);1H/b19-12-;. The molecule has 0 spiro atoms. The van der Waals surface area contributed by atoms with Gasteiger partial charge >= 0.3 is 0 Å². The summed E-state index contributed by atoms with van der Waals surface area (Å²) in [7, 11) is 1.80. The molecular weight excluding hydrogens is 346 g/mol. The minimum absolute atomic E-state index is 0. The zero-order valence-electron chi connectivity index (χ0n) is 13.5. The number of guanidine groups is 1. The third-order valence-corrected chi connectivity index (χ3v) is 4.95. The summed E-state index contributed by atoms with van der Waals surface area (Å²) in [5.41, 5.74) is 12.9. The quantitative estimate of drug-likeness (QED) is 0.432. The zero-order chi connectivity index (χ0) is 16.6. The lowest BCUT2D eigenvalue weighted by Gasteiger charge is -2.28. The number of nitrogens with one attached hydrogen (secondary N) is 2. The predicted molar refractivity (Wildman–Crippen MR) is 101 cm³/mol. The van der Waals surface area contributed by atoms with E-state index >= 15 is 0 Å². The first-order valence-corrected chi connectivity index (χ1v) is 8.30. The smallest absolute Gasteiger partial charge is 0.250 e. The molecule has 0 amide bonds. The molecule has 8 heteroatoms. The predicted octanol–water partition coefficient (Wildman–Crippen LogP) is 2.09. The fraction of sp³-hybridized carbons (Fsp3) is 0.312. The molecule has 0 saturated carbocycles. The number of aryl methyl sites for hydroxylation is 1. The number of aromatic nitrogens is 1. The fourth-order valence-corrected chi connectivity index (χ4v) is 3.87. The highest BCUT2D eigenvalue weighted by Gasteiger charge is 2.28. The topological polar surface area (TPSA) is 96.3 Å². The number of fused-ring (bicyclic) bond motifs is 1. The van der Waals surface area contributed by atoms with Crippen LogP contribution in [0.3, 0.4) is 0 Å². The Hall–Kier alpha value is -2.12. The van der Waals surface area contributed by atoms with Crippen LogP contribution in [0.5, 0.6) is 0 Å². The van der Waals surface area contributed by atoms with Crippen LogP contribution in [-0.4, -0.2) is 16.2 Å². The SMILES string of the molecule is Cc1cc(=O)n(C)c2c1/C(=N\NC(=N)N)CC(c1ccsc1)C2.Cl. The van der Waals surface area contributed by atoms with Crippen LogP contribution in [0.15, 0.2) is 32.8 Å². The summed E-state index contributed by atoms with van der Waals surface area (Å²) in [6.45, 7) is 1.93. The first kappa shape index (κ1) is 18.2. The van der Waals surface area contributed by atoms with E-state index in [9.17, 15) is 4.79 Å². The summed E-state index contributed by atoms with van der Waals surface area (Å²) in [6, 6.07) is 3.75. The van der Waals surface area contributed by atoms with Crippen LogP contribution >= 0.6 is 23.7 Å². The maximum absolute atomic E-state index is 12.1. The maximum Gasteiger partial charge on any atom is 0.250 e. The van der Waals surface area contributed by atoms with Gasteiger partial charge in [-0.3, -0.25) is 10.2 Å². The summed E-state index contributed by atoms with van der Waals surface area (Å²) in [6.07, 6.45) is 1.56. The minimum atomic E-state index is -0.195. The molecule has 0 radical (unpaired) electrons. The molecule has 1 aliphatic carbocycles. The molecule has 0 aromatic carbocycles. The Kier molecular flexibility index (Phi) is 5.46. The maximum atomic E-state index is 12.1. The van der Waals surface area contributed by atoms with Gasteiger partial charge in [0.15, 0.2) is 0 Å². The van der Waals surface area contributed by atoms with Crippen LogP contribution in [0.4, 0.5) is 0 Å². The molecule has 0 bridgehead atoms. The monoisotopic (exact) mass is 365 g/mol. The Morgan fingerprint density at radius 3 is 2.88 bits per heavy atom. The molecule has 24 heavy (non-hydrogen) atoms. The number of pyridine rings is 1. The van der Waals surface area contributed by atoms with Gasteiger partial charge in [0.2, 0.25) is 5.96 Å². The van der Waals surface area contributed by atoms with Crippen LogP contribution in [0.2, 0.25) is 0 Å². The van der Waals surface area contributed by atoms with Gasteiger partial charge in [-0.1, -0.05) is 0 Å². The first-order valence-electron chi connectivity index (χ1n) is 7.36. The number of hydrogen-bond acceptors (Lipinski definition) is 4. The van der Waals surface area contributed by atoms with Gasteiger partial charge in [0, 0.05) is 24.4 Å². The molecule has 4 N–H and O–H groups in total. The zero-order valence-corrected chi connectivity index (χ0v) is 15.1. The molecule has 6 nitrogen and oxygen atoms in total. The Balaban J connectivity index is 0.00000208. The van der Waals surface area contributed by atoms with E-state index in [2.05, 4.69) is 27.4 Å². The van der Waals surface area contributed by atoms with Crippen LogP contribution in [0.25, 0.3) is 0 Å². The molecule has 3 rings (SSSR count). The Labute approximate surface area is 150 Å². The third-order valence-electron chi connectivity index (χ3n) is 4.25. The number of nitrogens with two attached hydrogens (primary N) is 1. The normalized spacial score (nSPS) is 17.9. The highest BCUT2D eigenvalue weighted by atomic mass is 35.5. The van der Waals surface area contributed by atoms with Gasteiger partial charge in [0.25, 0.3) is 5.56 Å². The summed E-state index contributed by atoms with van der Waals surface area (Å²) >= 11 is 1.67. The van der Waals surface area contributed by atoms with Crippen molar-refractivity contribution < 1.29 is 0 Å². The number of hydrazone groups is 1. The van der Waals surface area contributed by atoms with Crippen molar-refractivity contribution in [3.8, 4) is 0 Å². The van der Waals surface area contributed by atoms with Crippen molar-refractivity contribution in [1.82, 2.24) is 9.99 Å². The lowest BCUT2D eigenvalue weighted by Crippen LogP contribution is -2.33. The third kappa shape index (κ3) is 3.37. The van der Waals surface area contributed by atoms with Gasteiger partial charge in [-0.2, -0.15) is 16.4 Å². The van der Waals surface area contributed by atoms with Crippen LogP contribution in [0, 0.1) is 12.3 Å². The van der Waals surface area contributed by atoms with Crippen molar-refractivity contribution in [3.05, 3.63) is 55.6 Å². The lowest BCUT2D eigenvalue weighted by molar-refractivity contribution is 0.634. The number of nitrogens with zero attached hydrogens (tertiary/aromatic N) is 2. The van der Waals surface area contributed by atoms with Gasteiger partial charge in [-0.05, 0) is 53.6 Å². The molecular formula is C16H20ClN5OS. The Morgan fingerprint density at radius 1 is 1.50 bits per heavy atom. The van der Waals surface area contributed by atoms with Crippen LogP contribution in [0.1, 0.15) is 34.7 Å². The minimum Gasteiger partial charge on any atom is -0.369 e. The van der Waals surface area contributed by atoms with E-state index in [1.807, 2.05) is 6.92 Å². The van der Waals surface area contributed by atoms with Gasteiger partial charge in [-0.15, -0.1) is 12.4 Å². The number of rotatable bonds is 2. The first-order chi connectivity index (χ1) is 11.0. The largest absolute Gasteiger partial charge is 0.369 e.